The van der Waals surface area contributed by atoms with Gasteiger partial charge in [-0.3, -0.25) is 10.1 Å². The fourth-order valence-electron chi connectivity index (χ4n) is 0.311. The maximum absolute atomic E-state index is 9.54. The number of aliphatic imine (C=N–C) groups is 1. The third-order valence-electron chi connectivity index (χ3n) is 0.637. The summed E-state index contributed by atoms with van der Waals surface area (Å²) in [5.41, 5.74) is 2.68. The van der Waals surface area contributed by atoms with Crippen LogP contribution < -0.4 is 0 Å². The van der Waals surface area contributed by atoms with Crippen LogP contribution >= 0.6 is 0 Å². The molecule has 0 N–H and O–H groups in total. The molecule has 17 heavy (non-hydrogen) atoms. The molecule has 0 radical (unpaired) electrons. The Hall–Kier alpha value is -1.96. The smallest absolute Gasteiger partial charge is 0.233 e. The van der Waals surface area contributed by atoms with Crippen LogP contribution in [-0.2, 0) is 0 Å². The Kier molecular flexibility index (Phi) is 16.9. The lowest BCUT2D eigenvalue weighted by atomic mass is 10.4. The van der Waals surface area contributed by atoms with Gasteiger partial charge in [0.2, 0.25) is 12.4 Å². The van der Waals surface area contributed by atoms with Gasteiger partial charge in [-0.25, -0.2) is 0 Å². The summed E-state index contributed by atoms with van der Waals surface area (Å²) < 4.78 is 0. The van der Waals surface area contributed by atoms with E-state index in [4.69, 9.17) is 5.26 Å². The first kappa shape index (κ1) is 20.5. The van der Waals surface area contributed by atoms with E-state index in [1.165, 1.54) is 5.57 Å². The molecule has 0 aromatic carbocycles. The van der Waals surface area contributed by atoms with Crippen molar-refractivity contribution in [2.75, 3.05) is 0 Å². The average molecular weight is 239 g/mol. The van der Waals surface area contributed by atoms with Crippen LogP contribution in [0.3, 0.4) is 0 Å². The third-order valence-corrected chi connectivity index (χ3v) is 0.637. The fourth-order valence-corrected chi connectivity index (χ4v) is 0.311. The molecular formula is C12H21N3O2. The first-order chi connectivity index (χ1) is 7.63. The van der Waals surface area contributed by atoms with Crippen molar-refractivity contribution in [1.29, 1.82) is 5.26 Å². The molecule has 0 fully saturated rings. The van der Waals surface area contributed by atoms with Crippen LogP contribution in [-0.4, -0.2) is 10.6 Å². The number of hydrogen-bond acceptors (Lipinski definition) is 4. The van der Waals surface area contributed by atoms with Crippen molar-refractivity contribution in [2.24, 2.45) is 4.99 Å². The van der Waals surface area contributed by atoms with E-state index < -0.39 is 4.92 Å². The molecule has 0 aromatic rings. The predicted molar refractivity (Wildman–Crippen MR) is 71.3 cm³/mol. The number of allylic oxidation sites excluding steroid dienone is 2. The molecule has 0 amide bonds. The molecule has 0 aliphatic carbocycles. The van der Waals surface area contributed by atoms with E-state index in [2.05, 4.69) is 11.6 Å². The van der Waals surface area contributed by atoms with Gasteiger partial charge in [-0.2, -0.15) is 10.3 Å². The number of hydrogen-bond donors (Lipinski definition) is 0. The van der Waals surface area contributed by atoms with Crippen LogP contribution in [0.5, 0.6) is 0 Å². The van der Waals surface area contributed by atoms with Gasteiger partial charge in [0.15, 0.2) is 0 Å². The topological polar surface area (TPSA) is 79.3 Å². The van der Waals surface area contributed by atoms with Crippen molar-refractivity contribution in [3.63, 3.8) is 0 Å². The monoisotopic (exact) mass is 239 g/mol. The van der Waals surface area contributed by atoms with Gasteiger partial charge in [0, 0.05) is 5.71 Å². The van der Waals surface area contributed by atoms with Gasteiger partial charge >= 0.3 is 0 Å². The second-order valence-corrected chi connectivity index (χ2v) is 3.86. The quantitative estimate of drug-likeness (QED) is 0.230. The molecule has 0 atom stereocenters. The highest BCUT2D eigenvalue weighted by atomic mass is 16.6. The second kappa shape index (κ2) is 14.0. The van der Waals surface area contributed by atoms with E-state index in [1.54, 1.807) is 33.9 Å². The SMILES string of the molecule is C=C(C)C.CC(C)=C[N+](=O)[O-].CC(C)=NC#N. The standard InChI is InChI=1S/C4H6N2.C4H7NO2.C4H8/c1-4(2)6-3-5;1-4(2)3-5(6)7;1-4(2)3/h1-2H3;3H,1-2H3;1H2,2-3H3. The maximum atomic E-state index is 9.54. The Labute approximate surface area is 103 Å². The van der Waals surface area contributed by atoms with Crippen LogP contribution in [0.2, 0.25) is 0 Å². The lowest BCUT2D eigenvalue weighted by molar-refractivity contribution is -0.403. The van der Waals surface area contributed by atoms with Gasteiger partial charge < -0.3 is 0 Å². The molecule has 0 saturated heterocycles. The highest BCUT2D eigenvalue weighted by Crippen LogP contribution is 1.85. The van der Waals surface area contributed by atoms with Gasteiger partial charge in [0.05, 0.1) is 4.92 Å². The zero-order chi connectivity index (χ0) is 14.4. The van der Waals surface area contributed by atoms with Gasteiger partial charge in [0.25, 0.3) is 0 Å². The van der Waals surface area contributed by atoms with Crippen LogP contribution in [0.15, 0.2) is 28.9 Å². The molecule has 5 nitrogen and oxygen atoms in total. The molecule has 0 spiro atoms. The zero-order valence-electron chi connectivity index (χ0n) is 11.4. The van der Waals surface area contributed by atoms with Gasteiger partial charge in [-0.15, -0.1) is 6.58 Å². The molecule has 0 saturated carbocycles. The van der Waals surface area contributed by atoms with E-state index in [0.717, 1.165) is 11.9 Å². The van der Waals surface area contributed by atoms with Gasteiger partial charge in [-0.05, 0) is 47.1 Å². The molecule has 0 unspecified atom stereocenters. The van der Waals surface area contributed by atoms with Crippen molar-refractivity contribution < 1.29 is 4.92 Å². The first-order valence-electron chi connectivity index (χ1n) is 4.94. The summed E-state index contributed by atoms with van der Waals surface area (Å²) >= 11 is 0. The fraction of sp³-hybridized carbons (Fsp3) is 0.500. The Morgan fingerprint density at radius 3 is 1.65 bits per heavy atom. The summed E-state index contributed by atoms with van der Waals surface area (Å²) in [5.74, 6) is 0. The average Bonchev–Trinajstić information content (AvgIpc) is 1.99. The largest absolute Gasteiger partial charge is 0.259 e. The molecule has 0 heterocycles. The molecule has 0 bridgehead atoms. The van der Waals surface area contributed by atoms with Crippen LogP contribution in [0.1, 0.15) is 41.5 Å². The summed E-state index contributed by atoms with van der Waals surface area (Å²) in [7, 11) is 0. The van der Waals surface area contributed by atoms with Gasteiger partial charge in [0.1, 0.15) is 0 Å². The zero-order valence-corrected chi connectivity index (χ0v) is 11.4. The van der Waals surface area contributed by atoms with Crippen LogP contribution in [0.4, 0.5) is 0 Å². The van der Waals surface area contributed by atoms with Gasteiger partial charge in [-0.1, -0.05) is 5.57 Å². The number of rotatable bonds is 1. The highest BCUT2D eigenvalue weighted by Gasteiger charge is 1.83. The van der Waals surface area contributed by atoms with Crippen LogP contribution in [0.25, 0.3) is 0 Å². The summed E-state index contributed by atoms with van der Waals surface area (Å²) in [6.45, 7) is 14.4. The van der Waals surface area contributed by atoms with E-state index in [-0.39, 0.29) is 0 Å². The Bertz CT molecular complexity index is 324. The molecule has 5 heteroatoms. The van der Waals surface area contributed by atoms with E-state index in [1.807, 2.05) is 13.8 Å². The van der Waals surface area contributed by atoms with Crippen molar-refractivity contribution in [3.8, 4) is 6.19 Å². The van der Waals surface area contributed by atoms with Crippen molar-refractivity contribution in [2.45, 2.75) is 41.5 Å². The minimum Gasteiger partial charge on any atom is -0.259 e. The normalized spacial score (nSPS) is 6.88. The second-order valence-electron chi connectivity index (χ2n) is 3.86. The minimum absolute atomic E-state index is 0.463. The van der Waals surface area contributed by atoms with Crippen LogP contribution in [0, 0.1) is 21.6 Å². The minimum atomic E-state index is -0.463. The number of nitro groups is 1. The first-order valence-corrected chi connectivity index (χ1v) is 4.94. The predicted octanol–water partition coefficient (Wildman–Crippen LogP) is 3.72. The Morgan fingerprint density at radius 2 is 1.65 bits per heavy atom. The van der Waals surface area contributed by atoms with Crippen molar-refractivity contribution >= 4 is 5.71 Å². The molecule has 0 aliphatic heterocycles. The van der Waals surface area contributed by atoms with E-state index in [0.29, 0.717) is 5.57 Å². The summed E-state index contributed by atoms with van der Waals surface area (Å²) in [4.78, 5) is 12.4. The Morgan fingerprint density at radius 1 is 1.29 bits per heavy atom. The summed E-state index contributed by atoms with van der Waals surface area (Å²) in [6.07, 6.45) is 2.63. The summed E-state index contributed by atoms with van der Waals surface area (Å²) in [6, 6.07) is 0. The lowest BCUT2D eigenvalue weighted by Crippen LogP contribution is -1.83. The number of nitrogens with zero attached hydrogens (tertiary/aromatic N) is 3. The summed E-state index contributed by atoms with van der Waals surface area (Å²) in [5, 5.41) is 17.3. The third kappa shape index (κ3) is 80.1. The van der Waals surface area contributed by atoms with Crippen molar-refractivity contribution in [3.05, 3.63) is 34.0 Å². The molecular weight excluding hydrogens is 218 g/mol. The molecule has 96 valence electrons. The number of nitriles is 1. The maximum Gasteiger partial charge on any atom is 0.233 e. The van der Waals surface area contributed by atoms with E-state index in [9.17, 15) is 10.1 Å². The molecule has 0 aromatic heterocycles. The van der Waals surface area contributed by atoms with E-state index >= 15 is 0 Å². The molecule has 0 rings (SSSR count). The lowest BCUT2D eigenvalue weighted by Gasteiger charge is -1.77. The highest BCUT2D eigenvalue weighted by molar-refractivity contribution is 5.79. The Balaban J connectivity index is -0.000000180. The molecule has 0 aliphatic rings. The van der Waals surface area contributed by atoms with Crippen molar-refractivity contribution in [1.82, 2.24) is 0 Å².